The number of rotatable bonds is 5. The molecule has 0 spiro atoms. The molecule has 0 aromatic heterocycles. The van der Waals surface area contributed by atoms with Gasteiger partial charge in [-0.05, 0) is 49.6 Å². The van der Waals surface area contributed by atoms with Crippen LogP contribution in [0.3, 0.4) is 0 Å². The maximum atomic E-state index is 6.28. The fourth-order valence-corrected chi connectivity index (χ4v) is 2.54. The second-order valence-corrected chi connectivity index (χ2v) is 5.72. The smallest absolute Gasteiger partial charge is 0.0577 e. The van der Waals surface area contributed by atoms with E-state index in [0.717, 1.165) is 23.6 Å². The molecule has 0 bridgehead atoms. The third-order valence-electron chi connectivity index (χ3n) is 3.50. The molecule has 2 aromatic carbocycles. The normalized spacial score (nSPS) is 12.4. The Balaban J connectivity index is 2.38. The minimum atomic E-state index is 0.202. The van der Waals surface area contributed by atoms with Crippen LogP contribution < -0.4 is 5.32 Å². The van der Waals surface area contributed by atoms with Gasteiger partial charge in [-0.25, -0.2) is 0 Å². The van der Waals surface area contributed by atoms with Crippen molar-refractivity contribution in [2.24, 2.45) is 0 Å². The molecule has 106 valence electrons. The Morgan fingerprint density at radius 1 is 1.05 bits per heavy atom. The Bertz CT molecular complexity index is 577. The lowest BCUT2D eigenvalue weighted by molar-refractivity contribution is 0.598. The fourth-order valence-electron chi connectivity index (χ4n) is 2.36. The van der Waals surface area contributed by atoms with Crippen LogP contribution in [-0.2, 0) is 0 Å². The van der Waals surface area contributed by atoms with E-state index in [1.54, 1.807) is 0 Å². The largest absolute Gasteiger partial charge is 0.306 e. The van der Waals surface area contributed by atoms with Gasteiger partial charge in [0.05, 0.1) is 6.04 Å². The Hall–Kier alpha value is -1.31. The standard InChI is InChI=1S/C18H22ClN/c1-4-10-20-18(15-7-5-6-13(2)11-15)16-9-8-14(3)17(19)12-16/h5-9,11-12,18,20H,4,10H2,1-3H3. The summed E-state index contributed by atoms with van der Waals surface area (Å²) in [6.07, 6.45) is 1.11. The molecule has 2 aromatic rings. The van der Waals surface area contributed by atoms with Crippen LogP contribution in [0.15, 0.2) is 42.5 Å². The van der Waals surface area contributed by atoms with Gasteiger partial charge in [-0.15, -0.1) is 0 Å². The third kappa shape index (κ3) is 3.62. The van der Waals surface area contributed by atoms with Gasteiger partial charge in [0.1, 0.15) is 0 Å². The zero-order valence-electron chi connectivity index (χ0n) is 12.4. The predicted octanol–water partition coefficient (Wildman–Crippen LogP) is 5.05. The molecule has 1 nitrogen and oxygen atoms in total. The quantitative estimate of drug-likeness (QED) is 0.812. The van der Waals surface area contributed by atoms with Crippen LogP contribution in [0.2, 0.25) is 5.02 Å². The van der Waals surface area contributed by atoms with Gasteiger partial charge in [0.2, 0.25) is 0 Å². The van der Waals surface area contributed by atoms with Crippen LogP contribution in [0.4, 0.5) is 0 Å². The molecule has 1 atom stereocenters. The van der Waals surface area contributed by atoms with Gasteiger partial charge in [-0.3, -0.25) is 0 Å². The maximum Gasteiger partial charge on any atom is 0.0577 e. The van der Waals surface area contributed by atoms with E-state index >= 15 is 0 Å². The van der Waals surface area contributed by atoms with E-state index in [1.165, 1.54) is 16.7 Å². The topological polar surface area (TPSA) is 12.0 Å². The summed E-state index contributed by atoms with van der Waals surface area (Å²) in [7, 11) is 0. The molecule has 0 aliphatic rings. The van der Waals surface area contributed by atoms with E-state index in [4.69, 9.17) is 11.6 Å². The van der Waals surface area contributed by atoms with E-state index in [-0.39, 0.29) is 6.04 Å². The van der Waals surface area contributed by atoms with Gasteiger partial charge in [-0.2, -0.15) is 0 Å². The number of halogens is 1. The van der Waals surface area contributed by atoms with Crippen molar-refractivity contribution in [1.29, 1.82) is 0 Å². The summed E-state index contributed by atoms with van der Waals surface area (Å²) in [4.78, 5) is 0. The molecular formula is C18H22ClN. The summed E-state index contributed by atoms with van der Waals surface area (Å²) in [5.74, 6) is 0. The van der Waals surface area contributed by atoms with E-state index in [1.807, 2.05) is 6.92 Å². The molecule has 1 N–H and O–H groups in total. The average Bonchev–Trinajstić information content (AvgIpc) is 2.43. The first kappa shape index (κ1) is 15.1. The lowest BCUT2D eigenvalue weighted by atomic mass is 9.96. The van der Waals surface area contributed by atoms with Gasteiger partial charge < -0.3 is 5.32 Å². The summed E-state index contributed by atoms with van der Waals surface area (Å²) in [6.45, 7) is 7.34. The zero-order valence-corrected chi connectivity index (χ0v) is 13.2. The van der Waals surface area contributed by atoms with Gasteiger partial charge in [0.15, 0.2) is 0 Å². The third-order valence-corrected chi connectivity index (χ3v) is 3.91. The SMILES string of the molecule is CCCNC(c1cccc(C)c1)c1ccc(C)c(Cl)c1. The monoisotopic (exact) mass is 287 g/mol. The lowest BCUT2D eigenvalue weighted by Crippen LogP contribution is -2.23. The molecular weight excluding hydrogens is 266 g/mol. The minimum absolute atomic E-state index is 0.202. The van der Waals surface area contributed by atoms with Gasteiger partial charge in [-0.1, -0.05) is 60.5 Å². The van der Waals surface area contributed by atoms with Crippen LogP contribution in [0, 0.1) is 13.8 Å². The first-order valence-corrected chi connectivity index (χ1v) is 7.55. The molecule has 0 aliphatic carbocycles. The van der Waals surface area contributed by atoms with Crippen molar-refractivity contribution in [1.82, 2.24) is 5.32 Å². The molecule has 0 aliphatic heterocycles. The Morgan fingerprint density at radius 3 is 2.45 bits per heavy atom. The van der Waals surface area contributed by atoms with Gasteiger partial charge >= 0.3 is 0 Å². The highest BCUT2D eigenvalue weighted by Gasteiger charge is 2.14. The highest BCUT2D eigenvalue weighted by molar-refractivity contribution is 6.31. The summed E-state index contributed by atoms with van der Waals surface area (Å²) in [5.41, 5.74) is 4.91. The van der Waals surface area contributed by atoms with Crippen molar-refractivity contribution in [3.63, 3.8) is 0 Å². The molecule has 0 saturated carbocycles. The van der Waals surface area contributed by atoms with Crippen LogP contribution in [0.1, 0.15) is 41.6 Å². The van der Waals surface area contributed by atoms with Crippen molar-refractivity contribution < 1.29 is 0 Å². The molecule has 0 heterocycles. The fraction of sp³-hybridized carbons (Fsp3) is 0.333. The molecule has 0 radical (unpaired) electrons. The minimum Gasteiger partial charge on any atom is -0.306 e. The number of benzene rings is 2. The molecule has 20 heavy (non-hydrogen) atoms. The Morgan fingerprint density at radius 2 is 1.80 bits per heavy atom. The lowest BCUT2D eigenvalue weighted by Gasteiger charge is -2.20. The second-order valence-electron chi connectivity index (χ2n) is 5.31. The summed E-state index contributed by atoms with van der Waals surface area (Å²) in [6, 6.07) is 15.2. The van der Waals surface area contributed by atoms with Crippen LogP contribution >= 0.6 is 11.6 Å². The van der Waals surface area contributed by atoms with E-state index in [2.05, 4.69) is 61.6 Å². The molecule has 1 unspecified atom stereocenters. The van der Waals surface area contributed by atoms with Crippen LogP contribution in [0.5, 0.6) is 0 Å². The van der Waals surface area contributed by atoms with Crippen molar-refractivity contribution in [3.05, 3.63) is 69.7 Å². The first-order valence-electron chi connectivity index (χ1n) is 7.18. The number of nitrogens with one attached hydrogen (secondary N) is 1. The number of hydrogen-bond donors (Lipinski definition) is 1. The second kappa shape index (κ2) is 6.92. The molecule has 0 amide bonds. The highest BCUT2D eigenvalue weighted by atomic mass is 35.5. The maximum absolute atomic E-state index is 6.28. The van der Waals surface area contributed by atoms with Crippen molar-refractivity contribution in [3.8, 4) is 0 Å². The average molecular weight is 288 g/mol. The summed E-state index contributed by atoms with van der Waals surface area (Å²) < 4.78 is 0. The van der Waals surface area contributed by atoms with E-state index in [9.17, 15) is 0 Å². The Labute approximate surface area is 127 Å². The van der Waals surface area contributed by atoms with Gasteiger partial charge in [0, 0.05) is 5.02 Å². The van der Waals surface area contributed by atoms with Gasteiger partial charge in [0.25, 0.3) is 0 Å². The van der Waals surface area contributed by atoms with Crippen LogP contribution in [0.25, 0.3) is 0 Å². The summed E-state index contributed by atoms with van der Waals surface area (Å²) >= 11 is 6.28. The number of hydrogen-bond acceptors (Lipinski definition) is 1. The van der Waals surface area contributed by atoms with Crippen LogP contribution in [-0.4, -0.2) is 6.54 Å². The van der Waals surface area contributed by atoms with Crippen molar-refractivity contribution in [2.75, 3.05) is 6.54 Å². The molecule has 2 heteroatoms. The first-order chi connectivity index (χ1) is 9.61. The molecule has 0 fully saturated rings. The van der Waals surface area contributed by atoms with E-state index in [0.29, 0.717) is 0 Å². The highest BCUT2D eigenvalue weighted by Crippen LogP contribution is 2.26. The van der Waals surface area contributed by atoms with Crippen molar-refractivity contribution >= 4 is 11.6 Å². The number of aryl methyl sites for hydroxylation is 2. The molecule has 0 saturated heterocycles. The summed E-state index contributed by atoms with van der Waals surface area (Å²) in [5, 5.41) is 4.45. The van der Waals surface area contributed by atoms with Crippen molar-refractivity contribution in [2.45, 2.75) is 33.2 Å². The zero-order chi connectivity index (χ0) is 14.5. The molecule has 2 rings (SSSR count). The van der Waals surface area contributed by atoms with E-state index < -0.39 is 0 Å². The predicted molar refractivity (Wildman–Crippen MR) is 87.5 cm³/mol. The Kier molecular flexibility index (Phi) is 5.22.